The minimum absolute atomic E-state index is 0.328. The minimum atomic E-state index is 0.328. The SMILES string of the molecule is CCCCCCCOc1c(C(N)=S)cnc2ccccc12. The highest BCUT2D eigenvalue weighted by Gasteiger charge is 2.12. The third-order valence-electron chi connectivity index (χ3n) is 3.49. The van der Waals surface area contributed by atoms with Crippen LogP contribution >= 0.6 is 12.2 Å². The highest BCUT2D eigenvalue weighted by Crippen LogP contribution is 2.28. The topological polar surface area (TPSA) is 48.1 Å². The quantitative estimate of drug-likeness (QED) is 0.586. The molecule has 2 aromatic rings. The number of pyridine rings is 1. The van der Waals surface area contributed by atoms with Gasteiger partial charge in [0.2, 0.25) is 0 Å². The Balaban J connectivity index is 2.12. The third kappa shape index (κ3) is 4.14. The molecule has 0 radical (unpaired) electrons. The average Bonchev–Trinajstić information content (AvgIpc) is 2.50. The third-order valence-corrected chi connectivity index (χ3v) is 3.71. The molecule has 21 heavy (non-hydrogen) atoms. The second kappa shape index (κ2) is 7.93. The van der Waals surface area contributed by atoms with E-state index in [1.807, 2.05) is 24.3 Å². The fourth-order valence-electron chi connectivity index (χ4n) is 2.33. The summed E-state index contributed by atoms with van der Waals surface area (Å²) < 4.78 is 5.98. The van der Waals surface area contributed by atoms with Gasteiger partial charge in [-0.05, 0) is 18.6 Å². The molecule has 2 N–H and O–H groups in total. The molecule has 112 valence electrons. The van der Waals surface area contributed by atoms with Gasteiger partial charge in [0.1, 0.15) is 10.7 Å². The van der Waals surface area contributed by atoms with E-state index >= 15 is 0 Å². The van der Waals surface area contributed by atoms with Gasteiger partial charge in [0, 0.05) is 11.6 Å². The maximum Gasteiger partial charge on any atom is 0.140 e. The Hall–Kier alpha value is -1.68. The lowest BCUT2D eigenvalue weighted by atomic mass is 10.1. The Morgan fingerprint density at radius 1 is 1.19 bits per heavy atom. The Morgan fingerprint density at radius 3 is 2.71 bits per heavy atom. The van der Waals surface area contributed by atoms with Crippen LogP contribution in [0.1, 0.15) is 44.6 Å². The van der Waals surface area contributed by atoms with Gasteiger partial charge < -0.3 is 10.5 Å². The van der Waals surface area contributed by atoms with Crippen molar-refractivity contribution in [1.82, 2.24) is 4.98 Å². The summed E-state index contributed by atoms with van der Waals surface area (Å²) in [6.07, 6.45) is 7.75. The van der Waals surface area contributed by atoms with E-state index < -0.39 is 0 Å². The molecular formula is C17H22N2OS. The number of rotatable bonds is 8. The molecule has 0 atom stereocenters. The summed E-state index contributed by atoms with van der Waals surface area (Å²) >= 11 is 5.11. The van der Waals surface area contributed by atoms with E-state index in [0.717, 1.165) is 28.6 Å². The van der Waals surface area contributed by atoms with Gasteiger partial charge in [-0.25, -0.2) is 0 Å². The van der Waals surface area contributed by atoms with E-state index in [0.29, 0.717) is 11.6 Å². The summed E-state index contributed by atoms with van der Waals surface area (Å²) in [5.41, 5.74) is 7.41. The number of para-hydroxylation sites is 1. The number of benzene rings is 1. The number of unbranched alkanes of at least 4 members (excludes halogenated alkanes) is 4. The lowest BCUT2D eigenvalue weighted by molar-refractivity contribution is 0.307. The fraction of sp³-hybridized carbons (Fsp3) is 0.412. The molecule has 0 aliphatic rings. The number of nitrogens with two attached hydrogens (primary N) is 1. The van der Waals surface area contributed by atoms with Crippen LogP contribution in [0.25, 0.3) is 10.9 Å². The molecule has 1 heterocycles. The van der Waals surface area contributed by atoms with Crippen molar-refractivity contribution in [2.45, 2.75) is 39.0 Å². The first kappa shape index (κ1) is 15.7. The van der Waals surface area contributed by atoms with Crippen LogP contribution in [-0.2, 0) is 0 Å². The standard InChI is InChI=1S/C17H22N2OS/c1-2-3-4-5-8-11-20-16-13-9-6-7-10-15(13)19-12-14(16)17(18)21/h6-7,9-10,12H,2-5,8,11H2,1H3,(H2,18,21). The maximum atomic E-state index is 5.98. The molecule has 0 saturated heterocycles. The number of hydrogen-bond donors (Lipinski definition) is 1. The Kier molecular flexibility index (Phi) is 5.93. The van der Waals surface area contributed by atoms with Gasteiger partial charge in [-0.3, -0.25) is 4.98 Å². The van der Waals surface area contributed by atoms with Gasteiger partial charge in [0.15, 0.2) is 0 Å². The van der Waals surface area contributed by atoms with E-state index in [4.69, 9.17) is 22.7 Å². The van der Waals surface area contributed by atoms with Crippen molar-refractivity contribution in [2.75, 3.05) is 6.61 Å². The van der Waals surface area contributed by atoms with Gasteiger partial charge in [-0.2, -0.15) is 0 Å². The van der Waals surface area contributed by atoms with Gasteiger partial charge in [0.25, 0.3) is 0 Å². The van der Waals surface area contributed by atoms with Gasteiger partial charge in [-0.1, -0.05) is 57.0 Å². The Labute approximate surface area is 131 Å². The monoisotopic (exact) mass is 302 g/mol. The van der Waals surface area contributed by atoms with Crippen LogP contribution in [0.3, 0.4) is 0 Å². The number of nitrogens with zero attached hydrogens (tertiary/aromatic N) is 1. The van der Waals surface area contributed by atoms with Crippen LogP contribution in [0, 0.1) is 0 Å². The second-order valence-corrected chi connectivity index (χ2v) is 5.58. The van der Waals surface area contributed by atoms with Gasteiger partial charge >= 0.3 is 0 Å². The van der Waals surface area contributed by atoms with Crippen LogP contribution in [-0.4, -0.2) is 16.6 Å². The maximum absolute atomic E-state index is 5.98. The number of fused-ring (bicyclic) bond motifs is 1. The van der Waals surface area contributed by atoms with Crippen molar-refractivity contribution in [1.29, 1.82) is 0 Å². The first-order valence-electron chi connectivity index (χ1n) is 7.54. The summed E-state index contributed by atoms with van der Waals surface area (Å²) in [6, 6.07) is 7.90. The largest absolute Gasteiger partial charge is 0.492 e. The first-order chi connectivity index (χ1) is 10.2. The van der Waals surface area contributed by atoms with Crippen molar-refractivity contribution in [2.24, 2.45) is 5.73 Å². The summed E-state index contributed by atoms with van der Waals surface area (Å²) in [5, 5.41) is 0.969. The molecule has 0 saturated carbocycles. The smallest absolute Gasteiger partial charge is 0.140 e. The average molecular weight is 302 g/mol. The van der Waals surface area contributed by atoms with Crippen LogP contribution < -0.4 is 10.5 Å². The molecule has 2 rings (SSSR count). The lowest BCUT2D eigenvalue weighted by Crippen LogP contribution is -2.13. The van der Waals surface area contributed by atoms with Crippen LogP contribution in [0.2, 0.25) is 0 Å². The molecule has 4 heteroatoms. The Bertz CT molecular complexity index is 613. The number of aromatic nitrogens is 1. The predicted molar refractivity (Wildman–Crippen MR) is 91.9 cm³/mol. The highest BCUT2D eigenvalue weighted by molar-refractivity contribution is 7.80. The van der Waals surface area contributed by atoms with Crippen LogP contribution in [0.4, 0.5) is 0 Å². The minimum Gasteiger partial charge on any atom is -0.492 e. The zero-order valence-electron chi connectivity index (χ0n) is 12.5. The summed E-state index contributed by atoms with van der Waals surface area (Å²) in [7, 11) is 0. The van der Waals surface area contributed by atoms with Gasteiger partial charge in [-0.15, -0.1) is 0 Å². The highest BCUT2D eigenvalue weighted by atomic mass is 32.1. The molecule has 0 fully saturated rings. The van der Waals surface area contributed by atoms with E-state index in [-0.39, 0.29) is 0 Å². The Morgan fingerprint density at radius 2 is 1.95 bits per heavy atom. The van der Waals surface area contributed by atoms with Crippen molar-refractivity contribution in [3.05, 3.63) is 36.0 Å². The number of ether oxygens (including phenoxy) is 1. The summed E-state index contributed by atoms with van der Waals surface area (Å²) in [4.78, 5) is 4.71. The van der Waals surface area contributed by atoms with Crippen LogP contribution in [0.15, 0.2) is 30.5 Å². The van der Waals surface area contributed by atoms with E-state index in [1.54, 1.807) is 6.20 Å². The lowest BCUT2D eigenvalue weighted by Gasteiger charge is -2.13. The molecule has 0 amide bonds. The van der Waals surface area contributed by atoms with E-state index in [1.165, 1.54) is 25.7 Å². The normalized spacial score (nSPS) is 10.7. The molecule has 0 unspecified atom stereocenters. The molecule has 1 aromatic carbocycles. The summed E-state index contributed by atoms with van der Waals surface area (Å²) in [5.74, 6) is 0.767. The molecule has 3 nitrogen and oxygen atoms in total. The molecular weight excluding hydrogens is 280 g/mol. The van der Waals surface area contributed by atoms with E-state index in [9.17, 15) is 0 Å². The fourth-order valence-corrected chi connectivity index (χ4v) is 2.47. The molecule has 0 aliphatic heterocycles. The van der Waals surface area contributed by atoms with Crippen molar-refractivity contribution >= 4 is 28.1 Å². The zero-order chi connectivity index (χ0) is 15.1. The molecule has 1 aromatic heterocycles. The summed E-state index contributed by atoms with van der Waals surface area (Å²) in [6.45, 7) is 2.90. The number of hydrogen-bond acceptors (Lipinski definition) is 3. The molecule has 0 aliphatic carbocycles. The number of thiocarbonyl (C=S) groups is 1. The van der Waals surface area contributed by atoms with Crippen molar-refractivity contribution in [3.8, 4) is 5.75 Å². The predicted octanol–water partition coefficient (Wildman–Crippen LogP) is 4.22. The van der Waals surface area contributed by atoms with Crippen molar-refractivity contribution < 1.29 is 4.74 Å². The first-order valence-corrected chi connectivity index (χ1v) is 7.95. The zero-order valence-corrected chi connectivity index (χ0v) is 13.3. The molecule has 0 bridgehead atoms. The van der Waals surface area contributed by atoms with Crippen LogP contribution in [0.5, 0.6) is 5.75 Å². The van der Waals surface area contributed by atoms with Gasteiger partial charge in [0.05, 0.1) is 17.7 Å². The molecule has 0 spiro atoms. The van der Waals surface area contributed by atoms with E-state index in [2.05, 4.69) is 11.9 Å². The van der Waals surface area contributed by atoms with Crippen molar-refractivity contribution in [3.63, 3.8) is 0 Å². The second-order valence-electron chi connectivity index (χ2n) is 5.15.